The highest BCUT2D eigenvalue weighted by atomic mass is 32.2. The standard InChI is InChI=1S/C12H25O7PS/c1-10(2)18-20(13,19-11(3)4)9-16-12(6-7-12)8-17-21(5,14)15/h10-11H,6-9H2,1-5H3. The van der Waals surface area contributed by atoms with Gasteiger partial charge in [-0.3, -0.25) is 8.75 Å². The lowest BCUT2D eigenvalue weighted by Gasteiger charge is -2.25. The third kappa shape index (κ3) is 7.72. The average Bonchev–Trinajstić information content (AvgIpc) is 3.01. The van der Waals surface area contributed by atoms with Crippen LogP contribution in [-0.4, -0.2) is 45.4 Å². The molecule has 7 nitrogen and oxygen atoms in total. The Kier molecular flexibility index (Phi) is 6.41. The lowest BCUT2D eigenvalue weighted by Crippen LogP contribution is -2.25. The van der Waals surface area contributed by atoms with E-state index >= 15 is 0 Å². The van der Waals surface area contributed by atoms with Crippen LogP contribution in [0.1, 0.15) is 40.5 Å². The van der Waals surface area contributed by atoms with Crippen LogP contribution in [0.4, 0.5) is 0 Å². The van der Waals surface area contributed by atoms with Gasteiger partial charge in [0.05, 0.1) is 30.7 Å². The summed E-state index contributed by atoms with van der Waals surface area (Å²) in [4.78, 5) is 0. The van der Waals surface area contributed by atoms with Crippen LogP contribution in [0.3, 0.4) is 0 Å². The maximum absolute atomic E-state index is 12.6. The number of hydrogen-bond acceptors (Lipinski definition) is 7. The van der Waals surface area contributed by atoms with Crippen LogP contribution in [-0.2, 0) is 32.7 Å². The van der Waals surface area contributed by atoms with Crippen LogP contribution in [0.15, 0.2) is 0 Å². The van der Waals surface area contributed by atoms with E-state index in [2.05, 4.69) is 0 Å². The second kappa shape index (κ2) is 7.06. The van der Waals surface area contributed by atoms with Crippen molar-refractivity contribution in [3.63, 3.8) is 0 Å². The van der Waals surface area contributed by atoms with E-state index in [1.165, 1.54) is 0 Å². The van der Waals surface area contributed by atoms with Crippen molar-refractivity contribution < 1.29 is 31.0 Å². The second-order valence-electron chi connectivity index (χ2n) is 5.84. The molecule has 126 valence electrons. The molecule has 1 aliphatic carbocycles. The van der Waals surface area contributed by atoms with E-state index in [0.29, 0.717) is 12.8 Å². The smallest absolute Gasteiger partial charge is 0.356 e. The Hall–Kier alpha value is 0.0200. The maximum Gasteiger partial charge on any atom is 0.356 e. The van der Waals surface area contributed by atoms with Crippen molar-refractivity contribution >= 4 is 17.7 Å². The number of ether oxygens (including phenoxy) is 1. The summed E-state index contributed by atoms with van der Waals surface area (Å²) in [6, 6.07) is 0. The van der Waals surface area contributed by atoms with Gasteiger partial charge in [-0.15, -0.1) is 0 Å². The molecule has 0 bridgehead atoms. The first-order valence-electron chi connectivity index (χ1n) is 6.90. The predicted molar refractivity (Wildman–Crippen MR) is 78.8 cm³/mol. The van der Waals surface area contributed by atoms with E-state index in [0.717, 1.165) is 6.26 Å². The van der Waals surface area contributed by atoms with Gasteiger partial charge < -0.3 is 13.8 Å². The van der Waals surface area contributed by atoms with Crippen molar-refractivity contribution in [3.8, 4) is 0 Å². The van der Waals surface area contributed by atoms with Crippen molar-refractivity contribution in [2.45, 2.75) is 58.3 Å². The SMILES string of the molecule is CC(C)OP(=O)(COC1(COS(C)(=O)=O)CC1)OC(C)C. The normalized spacial score (nSPS) is 18.4. The van der Waals surface area contributed by atoms with E-state index < -0.39 is 23.3 Å². The van der Waals surface area contributed by atoms with Gasteiger partial charge in [0.1, 0.15) is 6.35 Å². The van der Waals surface area contributed by atoms with Crippen LogP contribution in [0.25, 0.3) is 0 Å². The lowest BCUT2D eigenvalue weighted by atomic mass is 10.4. The van der Waals surface area contributed by atoms with E-state index in [4.69, 9.17) is 18.0 Å². The van der Waals surface area contributed by atoms with Gasteiger partial charge >= 0.3 is 7.60 Å². The molecule has 0 radical (unpaired) electrons. The quantitative estimate of drug-likeness (QED) is 0.444. The summed E-state index contributed by atoms with van der Waals surface area (Å²) in [7, 11) is -6.90. The van der Waals surface area contributed by atoms with Gasteiger partial charge in [0.2, 0.25) is 0 Å². The van der Waals surface area contributed by atoms with Gasteiger partial charge in [-0.05, 0) is 40.5 Å². The van der Waals surface area contributed by atoms with Crippen molar-refractivity contribution in [1.29, 1.82) is 0 Å². The summed E-state index contributed by atoms with van der Waals surface area (Å²) < 4.78 is 55.7. The fourth-order valence-electron chi connectivity index (χ4n) is 1.63. The molecule has 0 aromatic carbocycles. The molecule has 0 aliphatic heterocycles. The van der Waals surface area contributed by atoms with E-state index in [1.54, 1.807) is 27.7 Å². The predicted octanol–water partition coefficient (Wildman–Crippen LogP) is 2.51. The molecule has 1 fully saturated rings. The van der Waals surface area contributed by atoms with Crippen molar-refractivity contribution in [2.24, 2.45) is 0 Å². The third-order valence-corrected chi connectivity index (χ3v) is 5.09. The minimum atomic E-state index is -3.52. The topological polar surface area (TPSA) is 88.1 Å². The molecule has 0 amide bonds. The minimum Gasteiger partial charge on any atom is -0.360 e. The van der Waals surface area contributed by atoms with Gasteiger partial charge in [0, 0.05) is 0 Å². The Morgan fingerprint density at radius 3 is 1.90 bits per heavy atom. The van der Waals surface area contributed by atoms with Crippen molar-refractivity contribution in [1.82, 2.24) is 0 Å². The summed E-state index contributed by atoms with van der Waals surface area (Å²) >= 11 is 0. The molecule has 21 heavy (non-hydrogen) atoms. The van der Waals surface area contributed by atoms with Gasteiger partial charge in [-0.25, -0.2) is 0 Å². The fraction of sp³-hybridized carbons (Fsp3) is 1.00. The summed E-state index contributed by atoms with van der Waals surface area (Å²) in [6.45, 7) is 6.97. The Bertz CT molecular complexity index is 468. The summed E-state index contributed by atoms with van der Waals surface area (Å²) in [5, 5.41) is 0. The van der Waals surface area contributed by atoms with E-state index in [-0.39, 0.29) is 25.2 Å². The van der Waals surface area contributed by atoms with Crippen LogP contribution in [0, 0.1) is 0 Å². The Morgan fingerprint density at radius 1 is 1.10 bits per heavy atom. The molecule has 0 aromatic rings. The zero-order chi connectivity index (χ0) is 16.3. The molecule has 1 aliphatic rings. The average molecular weight is 344 g/mol. The minimum absolute atomic E-state index is 0.0742. The molecular weight excluding hydrogens is 319 g/mol. The molecule has 1 rings (SSSR count). The van der Waals surface area contributed by atoms with Gasteiger partial charge in [-0.1, -0.05) is 0 Å². The monoisotopic (exact) mass is 344 g/mol. The van der Waals surface area contributed by atoms with Crippen molar-refractivity contribution in [2.75, 3.05) is 19.2 Å². The highest BCUT2D eigenvalue weighted by Crippen LogP contribution is 2.53. The van der Waals surface area contributed by atoms with E-state index in [1.807, 2.05) is 0 Å². The van der Waals surface area contributed by atoms with Gasteiger partial charge in [0.15, 0.2) is 0 Å². The second-order valence-corrected chi connectivity index (χ2v) is 9.39. The van der Waals surface area contributed by atoms with Gasteiger partial charge in [-0.2, -0.15) is 8.42 Å². The third-order valence-electron chi connectivity index (χ3n) is 2.62. The zero-order valence-electron chi connectivity index (χ0n) is 13.2. The van der Waals surface area contributed by atoms with Crippen LogP contribution < -0.4 is 0 Å². The molecule has 0 unspecified atom stereocenters. The first-order valence-corrected chi connectivity index (χ1v) is 10.4. The highest BCUT2D eigenvalue weighted by Gasteiger charge is 2.47. The summed E-state index contributed by atoms with van der Waals surface area (Å²) in [5.74, 6) is 0. The Morgan fingerprint density at radius 2 is 1.57 bits per heavy atom. The lowest BCUT2D eigenvalue weighted by molar-refractivity contribution is 0.0102. The zero-order valence-corrected chi connectivity index (χ0v) is 14.9. The molecule has 0 spiro atoms. The first kappa shape index (κ1) is 19.1. The molecule has 0 atom stereocenters. The first-order chi connectivity index (χ1) is 9.45. The molecule has 0 saturated heterocycles. The summed E-state index contributed by atoms with van der Waals surface area (Å²) in [5.41, 5.74) is -0.695. The molecule has 0 aromatic heterocycles. The largest absolute Gasteiger partial charge is 0.360 e. The van der Waals surface area contributed by atoms with Crippen LogP contribution in [0.5, 0.6) is 0 Å². The van der Waals surface area contributed by atoms with Crippen molar-refractivity contribution in [3.05, 3.63) is 0 Å². The molecule has 9 heteroatoms. The van der Waals surface area contributed by atoms with Crippen LogP contribution in [0.2, 0.25) is 0 Å². The van der Waals surface area contributed by atoms with E-state index in [9.17, 15) is 13.0 Å². The number of hydrogen-bond donors (Lipinski definition) is 0. The molecule has 0 N–H and O–H groups in total. The number of rotatable bonds is 10. The molecular formula is C12H25O7PS. The fourth-order valence-corrected chi connectivity index (χ4v) is 3.95. The van der Waals surface area contributed by atoms with Gasteiger partial charge in [0.25, 0.3) is 10.1 Å². The highest BCUT2D eigenvalue weighted by molar-refractivity contribution is 7.85. The van der Waals surface area contributed by atoms with Crippen LogP contribution >= 0.6 is 7.60 Å². The Balaban J connectivity index is 2.58. The molecule has 1 saturated carbocycles. The Labute approximate surface area is 126 Å². The maximum atomic E-state index is 12.6. The summed E-state index contributed by atoms with van der Waals surface area (Å²) in [6.07, 6.45) is 1.56. The molecule has 0 heterocycles.